The van der Waals surface area contributed by atoms with E-state index in [0.29, 0.717) is 41.3 Å². The summed E-state index contributed by atoms with van der Waals surface area (Å²) in [6.07, 6.45) is 5.62. The van der Waals surface area contributed by atoms with Crippen LogP contribution in [0.15, 0.2) is 60.7 Å². The Bertz CT molecular complexity index is 2590. The third-order valence-corrected chi connectivity index (χ3v) is 17.5. The van der Waals surface area contributed by atoms with Gasteiger partial charge in [0.05, 0.1) is 5.69 Å². The SMILES string of the molecule is CCN(C(=O)OC(C)(C)C)c1cc2c(c(O[Si](C)(C)C(C)(C)C)c1)C(=O)O[C@@H](C)[C@H](C)/C=C\C(=O)[C@H]1OC(=O)O[C@H]1C/C=C/2.CCNc1cc(O)c2c(c1)/C=C/C[C@@H]1OC(=O)O[C@@H]1C(=O)/C=C\[C@@H](C)[C@H](C)OC2=O. The van der Waals surface area contributed by atoms with Crippen LogP contribution in [0.2, 0.25) is 18.1 Å². The van der Waals surface area contributed by atoms with Crippen LogP contribution in [0, 0.1) is 11.8 Å². The number of cyclic esters (lactones) is 2. The number of phenols is 1. The lowest BCUT2D eigenvalue weighted by molar-refractivity contribution is -0.122. The molecular formula is C55H72N2O16Si. The van der Waals surface area contributed by atoms with Gasteiger partial charge in [-0.15, -0.1) is 0 Å². The number of fused-ring (bicyclic) bond motifs is 4. The van der Waals surface area contributed by atoms with Crippen molar-refractivity contribution in [2.24, 2.45) is 11.8 Å². The Labute approximate surface area is 434 Å². The molecule has 0 unspecified atom stereocenters. The molecule has 0 spiro atoms. The average molecular weight is 1050 g/mol. The number of carbonyl (C=O) groups is 7. The zero-order valence-corrected chi connectivity index (χ0v) is 45.9. The zero-order valence-electron chi connectivity index (χ0n) is 44.9. The molecule has 4 aliphatic rings. The highest BCUT2D eigenvalue weighted by Crippen LogP contribution is 2.41. The number of hydrogen-bond donors (Lipinski definition) is 2. The number of nitrogens with one attached hydrogen (secondary N) is 1. The van der Waals surface area contributed by atoms with E-state index in [-0.39, 0.29) is 46.6 Å². The number of ketones is 2. The molecule has 4 heterocycles. The van der Waals surface area contributed by atoms with Crippen LogP contribution in [0.25, 0.3) is 12.2 Å². The molecule has 402 valence electrons. The van der Waals surface area contributed by atoms with Crippen LogP contribution in [0.1, 0.15) is 128 Å². The molecule has 2 saturated heterocycles. The molecule has 0 bridgehead atoms. The number of ether oxygens (including phenoxy) is 7. The smallest absolute Gasteiger partial charge is 0.509 e. The van der Waals surface area contributed by atoms with Crippen LogP contribution in [0.5, 0.6) is 11.5 Å². The van der Waals surface area contributed by atoms with E-state index in [1.165, 1.54) is 23.1 Å². The largest absolute Gasteiger partial charge is 0.543 e. The highest BCUT2D eigenvalue weighted by Gasteiger charge is 2.43. The van der Waals surface area contributed by atoms with Crippen LogP contribution in [-0.2, 0) is 42.7 Å². The van der Waals surface area contributed by atoms with E-state index in [4.69, 9.17) is 37.6 Å². The van der Waals surface area contributed by atoms with Crippen LogP contribution >= 0.6 is 0 Å². The monoisotopic (exact) mass is 1040 g/mol. The lowest BCUT2D eigenvalue weighted by Crippen LogP contribution is -2.44. The Hall–Kier alpha value is -6.89. The van der Waals surface area contributed by atoms with Crippen molar-refractivity contribution < 1.29 is 76.3 Å². The van der Waals surface area contributed by atoms with E-state index < -0.39 is 92.5 Å². The molecule has 1 amide bonds. The van der Waals surface area contributed by atoms with Gasteiger partial charge in [-0.1, -0.05) is 71.1 Å². The van der Waals surface area contributed by atoms with E-state index in [2.05, 4.69) is 39.2 Å². The molecule has 4 aliphatic heterocycles. The molecule has 0 radical (unpaired) electrons. The summed E-state index contributed by atoms with van der Waals surface area (Å²) >= 11 is 0. The first-order valence-corrected chi connectivity index (χ1v) is 27.9. The van der Waals surface area contributed by atoms with Crippen molar-refractivity contribution in [3.8, 4) is 11.5 Å². The van der Waals surface area contributed by atoms with Gasteiger partial charge in [0, 0.05) is 55.6 Å². The molecule has 19 heteroatoms. The standard InChI is InChI=1S/C33H47NO9Si.C22H25NO7/c1-12-34(30(37)42-32(4,5)6)23-18-22-14-13-15-25-28(41-31(38)40-25)24(35)17-16-20(2)21(3)39-29(36)27(22)26(19-23)43-44(10,11)33(7,8)9;1-4-23-15-10-14-6-5-7-18-20(30-22(27)29-18)16(24)9-8-12(2)13(3)28-21(26)19(14)17(25)11-15/h13-14,16-21,25,28H,12,15H2,1-11H3;5-6,8-13,18,20,23,25H,4,7H2,1-3H3/b14-13+,17-16-;6-5+,9-8-/t20-,21+,25+,28-;12-,13+,18+,20-/m11/s1. The number of esters is 2. The molecule has 2 fully saturated rings. The second kappa shape index (κ2) is 24.0. The number of hydrogen-bond acceptors (Lipinski definition) is 17. The number of carbonyl (C=O) groups excluding carboxylic acids is 7. The number of benzene rings is 2. The van der Waals surface area contributed by atoms with Gasteiger partial charge in [0.2, 0.25) is 12.2 Å². The average Bonchev–Trinajstić information content (AvgIpc) is 3.86. The second-order valence-electron chi connectivity index (χ2n) is 21.1. The minimum Gasteiger partial charge on any atom is -0.543 e. The van der Waals surface area contributed by atoms with Gasteiger partial charge in [0.1, 0.15) is 40.4 Å². The van der Waals surface area contributed by atoms with Crippen molar-refractivity contribution in [3.63, 3.8) is 0 Å². The molecule has 2 aromatic carbocycles. The highest BCUT2D eigenvalue weighted by atomic mass is 28.4. The van der Waals surface area contributed by atoms with Gasteiger partial charge < -0.3 is 48.0 Å². The first-order chi connectivity index (χ1) is 34.5. The van der Waals surface area contributed by atoms with Gasteiger partial charge in [-0.2, -0.15) is 0 Å². The Morgan fingerprint density at radius 1 is 0.689 bits per heavy atom. The van der Waals surface area contributed by atoms with Gasteiger partial charge in [0.15, 0.2) is 23.8 Å². The fourth-order valence-corrected chi connectivity index (χ4v) is 8.63. The lowest BCUT2D eigenvalue weighted by atomic mass is 9.99. The van der Waals surface area contributed by atoms with Gasteiger partial charge in [-0.25, -0.2) is 24.0 Å². The van der Waals surface area contributed by atoms with Gasteiger partial charge >= 0.3 is 30.3 Å². The number of amides is 1. The summed E-state index contributed by atoms with van der Waals surface area (Å²) in [5.74, 6) is -2.62. The van der Waals surface area contributed by atoms with E-state index in [1.54, 1.807) is 96.2 Å². The van der Waals surface area contributed by atoms with Gasteiger partial charge in [-0.05, 0) is 102 Å². The summed E-state index contributed by atoms with van der Waals surface area (Å²) in [7, 11) is -2.50. The maximum atomic E-state index is 13.9. The molecule has 6 rings (SSSR count). The van der Waals surface area contributed by atoms with E-state index in [9.17, 15) is 38.7 Å². The third-order valence-electron chi connectivity index (χ3n) is 13.2. The number of nitrogens with zero attached hydrogens (tertiary/aromatic N) is 1. The third kappa shape index (κ3) is 14.7. The maximum absolute atomic E-state index is 13.9. The molecule has 2 aromatic rings. The minimum absolute atomic E-state index is 0.0419. The summed E-state index contributed by atoms with van der Waals surface area (Å²) in [5, 5.41) is 13.4. The molecule has 0 aliphatic carbocycles. The topological polar surface area (TPSA) is 229 Å². The van der Waals surface area contributed by atoms with Crippen molar-refractivity contribution in [2.45, 2.75) is 156 Å². The van der Waals surface area contributed by atoms with E-state index >= 15 is 0 Å². The first kappa shape index (κ1) is 58.0. The van der Waals surface area contributed by atoms with E-state index in [0.717, 1.165) is 0 Å². The molecule has 0 aromatic heterocycles. The fourth-order valence-electron chi connectivity index (χ4n) is 7.61. The summed E-state index contributed by atoms with van der Waals surface area (Å²) in [6, 6.07) is 6.59. The second-order valence-corrected chi connectivity index (χ2v) is 25.8. The minimum atomic E-state index is -2.50. The van der Waals surface area contributed by atoms with E-state index in [1.807, 2.05) is 20.8 Å². The van der Waals surface area contributed by atoms with Gasteiger partial charge in [0.25, 0.3) is 8.32 Å². The number of aromatic hydroxyl groups is 1. The molecule has 2 N–H and O–H groups in total. The van der Waals surface area contributed by atoms with Crippen LogP contribution < -0.4 is 14.6 Å². The van der Waals surface area contributed by atoms with Gasteiger partial charge in [-0.3, -0.25) is 14.5 Å². The Morgan fingerprint density at radius 3 is 1.64 bits per heavy atom. The first-order valence-electron chi connectivity index (χ1n) is 25.0. The van der Waals surface area contributed by atoms with Crippen LogP contribution in [0.3, 0.4) is 0 Å². The van der Waals surface area contributed by atoms with Crippen molar-refractivity contribution >= 4 is 73.8 Å². The molecule has 0 saturated carbocycles. The van der Waals surface area contributed by atoms with Crippen molar-refractivity contribution in [3.05, 3.63) is 83.0 Å². The molecule has 8 atom stereocenters. The Balaban J connectivity index is 0.000000294. The van der Waals surface area contributed by atoms with Crippen LogP contribution in [0.4, 0.5) is 25.8 Å². The van der Waals surface area contributed by atoms with Crippen molar-refractivity contribution in [1.29, 1.82) is 0 Å². The van der Waals surface area contributed by atoms with Crippen molar-refractivity contribution in [1.82, 2.24) is 0 Å². The molecule has 74 heavy (non-hydrogen) atoms. The zero-order chi connectivity index (χ0) is 55.0. The quantitative estimate of drug-likeness (QED) is 0.156. The Morgan fingerprint density at radius 2 is 1.18 bits per heavy atom. The summed E-state index contributed by atoms with van der Waals surface area (Å²) in [6.45, 7) is 27.5. The van der Waals surface area contributed by atoms with Crippen LogP contribution in [-0.4, -0.2) is 111 Å². The lowest BCUT2D eigenvalue weighted by Gasteiger charge is -2.37. The maximum Gasteiger partial charge on any atom is 0.509 e. The fraction of sp³-hybridized carbons (Fsp3) is 0.509. The summed E-state index contributed by atoms with van der Waals surface area (Å²) in [4.78, 5) is 90.4. The summed E-state index contributed by atoms with van der Waals surface area (Å²) in [5.41, 5.74) is 1.52. The Kier molecular flexibility index (Phi) is 18.8. The summed E-state index contributed by atoms with van der Waals surface area (Å²) < 4.78 is 44.5. The number of rotatable bonds is 6. The normalized spacial score (nSPS) is 26.2. The molecule has 18 nitrogen and oxygen atoms in total. The highest BCUT2D eigenvalue weighted by molar-refractivity contribution is 6.74. The van der Waals surface area contributed by atoms with Crippen molar-refractivity contribution in [2.75, 3.05) is 23.3 Å². The number of phenolic OH excluding ortho intramolecular Hbond substituents is 1. The predicted octanol–water partition coefficient (Wildman–Crippen LogP) is 10.9. The molecular weight excluding hydrogens is 973 g/mol. The number of anilines is 2. The predicted molar refractivity (Wildman–Crippen MR) is 280 cm³/mol.